The summed E-state index contributed by atoms with van der Waals surface area (Å²) in [6.07, 6.45) is -0.0665. The number of nitrogens with zero attached hydrogens (tertiary/aromatic N) is 1. The fourth-order valence-electron chi connectivity index (χ4n) is 3.89. The Hall–Kier alpha value is -3.19. The molecule has 1 amide bonds. The Labute approximate surface area is 200 Å². The minimum atomic E-state index is -1.06. The number of hydrogen-bond acceptors (Lipinski definition) is 5. The lowest BCUT2D eigenvalue weighted by molar-refractivity contribution is -0.140. The van der Waals surface area contributed by atoms with Crippen molar-refractivity contribution in [2.24, 2.45) is 5.92 Å². The molecule has 1 heterocycles. The lowest BCUT2D eigenvalue weighted by atomic mass is 9.94. The summed E-state index contributed by atoms with van der Waals surface area (Å²) in [5, 5.41) is 11.2. The van der Waals surface area contributed by atoms with Crippen molar-refractivity contribution < 1.29 is 28.6 Å². The van der Waals surface area contributed by atoms with Crippen LogP contribution in [0.15, 0.2) is 48.0 Å². The Morgan fingerprint density at radius 1 is 1.12 bits per heavy atom. The molecule has 7 heteroatoms. The van der Waals surface area contributed by atoms with E-state index in [9.17, 15) is 19.1 Å². The molecule has 1 N–H and O–H groups in total. The number of amides is 1. The van der Waals surface area contributed by atoms with Crippen LogP contribution in [0.4, 0.5) is 4.39 Å². The number of aryl methyl sites for hydroxylation is 1. The highest BCUT2D eigenvalue weighted by Gasteiger charge is 2.46. The van der Waals surface area contributed by atoms with Crippen molar-refractivity contribution in [2.75, 3.05) is 19.8 Å². The third-order valence-corrected chi connectivity index (χ3v) is 5.54. The van der Waals surface area contributed by atoms with Gasteiger partial charge >= 0.3 is 0 Å². The zero-order valence-electron chi connectivity index (χ0n) is 20.3. The number of ether oxygens (including phenoxy) is 2. The van der Waals surface area contributed by atoms with Crippen molar-refractivity contribution in [3.63, 3.8) is 0 Å². The van der Waals surface area contributed by atoms with Crippen molar-refractivity contribution in [1.82, 2.24) is 4.90 Å². The largest absolute Gasteiger partial charge is 0.507 e. The van der Waals surface area contributed by atoms with Gasteiger partial charge in [0.1, 0.15) is 17.3 Å². The van der Waals surface area contributed by atoms with E-state index in [2.05, 4.69) is 0 Å². The highest BCUT2D eigenvalue weighted by atomic mass is 19.1. The Morgan fingerprint density at radius 3 is 2.44 bits per heavy atom. The molecule has 1 unspecified atom stereocenters. The van der Waals surface area contributed by atoms with Crippen molar-refractivity contribution in [1.29, 1.82) is 0 Å². The van der Waals surface area contributed by atoms with Gasteiger partial charge in [-0.1, -0.05) is 32.0 Å². The van der Waals surface area contributed by atoms with Crippen molar-refractivity contribution in [2.45, 2.75) is 46.8 Å². The highest BCUT2D eigenvalue weighted by Crippen LogP contribution is 2.40. The van der Waals surface area contributed by atoms with E-state index in [1.54, 1.807) is 24.3 Å². The number of hydrogen-bond donors (Lipinski definition) is 1. The number of carbonyl (C=O) groups excluding carboxylic acids is 2. The zero-order chi connectivity index (χ0) is 25.0. The van der Waals surface area contributed by atoms with Gasteiger partial charge in [0.2, 0.25) is 0 Å². The van der Waals surface area contributed by atoms with Crippen LogP contribution in [0.2, 0.25) is 0 Å². The molecule has 0 saturated carbocycles. The standard InChI is InChI=1S/C27H32FNO5/c1-16(2)15-34-22-11-10-19(14-18(22)5)25(30)23-24(20-8-6-7-9-21(20)28)29(27(32)26(23)31)12-13-33-17(3)4/h6-11,14,16-17,24,30H,12-13,15H2,1-5H3/b25-23+. The first-order chi connectivity index (χ1) is 16.1. The van der Waals surface area contributed by atoms with E-state index in [0.717, 1.165) is 5.56 Å². The van der Waals surface area contributed by atoms with Crippen LogP contribution in [0.25, 0.3) is 5.76 Å². The van der Waals surface area contributed by atoms with Gasteiger partial charge in [-0.05, 0) is 56.5 Å². The molecule has 6 nitrogen and oxygen atoms in total. The average molecular weight is 470 g/mol. The predicted molar refractivity (Wildman–Crippen MR) is 128 cm³/mol. The van der Waals surface area contributed by atoms with Crippen LogP contribution < -0.4 is 4.74 Å². The Morgan fingerprint density at radius 2 is 1.82 bits per heavy atom. The molecule has 182 valence electrons. The van der Waals surface area contributed by atoms with Crippen molar-refractivity contribution in [3.05, 3.63) is 70.5 Å². The molecule has 1 aliphatic heterocycles. The number of ketones is 1. The molecule has 0 bridgehead atoms. The summed E-state index contributed by atoms with van der Waals surface area (Å²) in [6.45, 7) is 10.5. The molecule has 0 radical (unpaired) electrons. The minimum absolute atomic E-state index is 0.0665. The Balaban J connectivity index is 2.06. The lowest BCUT2D eigenvalue weighted by Crippen LogP contribution is -2.33. The molecule has 2 aromatic carbocycles. The molecule has 1 aliphatic rings. The maximum atomic E-state index is 14.8. The summed E-state index contributed by atoms with van der Waals surface area (Å²) in [6, 6.07) is 9.94. The average Bonchev–Trinajstić information content (AvgIpc) is 3.02. The summed E-state index contributed by atoms with van der Waals surface area (Å²) in [7, 11) is 0. The molecular formula is C27H32FNO5. The van der Waals surface area contributed by atoms with Gasteiger partial charge in [0.25, 0.3) is 11.7 Å². The van der Waals surface area contributed by atoms with Gasteiger partial charge in [-0.25, -0.2) is 4.39 Å². The van der Waals surface area contributed by atoms with Gasteiger partial charge in [0, 0.05) is 17.7 Å². The van der Waals surface area contributed by atoms with Gasteiger partial charge in [-0.3, -0.25) is 9.59 Å². The molecule has 0 spiro atoms. The van der Waals surface area contributed by atoms with Gasteiger partial charge in [0.05, 0.1) is 30.9 Å². The number of carbonyl (C=O) groups is 2. The molecule has 1 fully saturated rings. The van der Waals surface area contributed by atoms with Gasteiger partial charge in [-0.15, -0.1) is 0 Å². The summed E-state index contributed by atoms with van der Waals surface area (Å²) < 4.78 is 26.2. The Kier molecular flexibility index (Phi) is 8.10. The number of halogens is 1. The van der Waals surface area contributed by atoms with E-state index < -0.39 is 23.5 Å². The lowest BCUT2D eigenvalue weighted by Gasteiger charge is -2.26. The smallest absolute Gasteiger partial charge is 0.295 e. The molecule has 1 atom stereocenters. The van der Waals surface area contributed by atoms with Gasteiger partial charge in [-0.2, -0.15) is 0 Å². The van der Waals surface area contributed by atoms with E-state index >= 15 is 0 Å². The maximum Gasteiger partial charge on any atom is 0.295 e. The zero-order valence-corrected chi connectivity index (χ0v) is 20.3. The number of aliphatic hydroxyl groups excluding tert-OH is 1. The van der Waals surface area contributed by atoms with Crippen LogP contribution in [0.5, 0.6) is 5.75 Å². The van der Waals surface area contributed by atoms with E-state index in [-0.39, 0.29) is 36.2 Å². The van der Waals surface area contributed by atoms with Gasteiger partial charge in [0.15, 0.2) is 0 Å². The maximum absolute atomic E-state index is 14.8. The molecule has 3 rings (SSSR count). The molecule has 1 saturated heterocycles. The van der Waals surface area contributed by atoms with Crippen molar-refractivity contribution >= 4 is 17.4 Å². The molecular weight excluding hydrogens is 437 g/mol. The highest BCUT2D eigenvalue weighted by molar-refractivity contribution is 6.46. The van der Waals surface area contributed by atoms with E-state index in [0.29, 0.717) is 23.8 Å². The second-order valence-corrected chi connectivity index (χ2v) is 9.12. The molecule has 2 aromatic rings. The molecule has 34 heavy (non-hydrogen) atoms. The number of likely N-dealkylation sites (tertiary alicyclic amines) is 1. The number of aliphatic hydroxyl groups is 1. The first kappa shape index (κ1) is 25.4. The number of rotatable bonds is 9. The Bertz CT molecular complexity index is 1090. The number of Topliss-reactive ketones (excluding diaryl/α,β-unsaturated/α-hetero) is 1. The molecule has 0 aromatic heterocycles. The SMILES string of the molecule is Cc1cc(/C(O)=C2\C(=O)C(=O)N(CCOC(C)C)C2c2ccccc2F)ccc1OCC(C)C. The van der Waals surface area contributed by atoms with Crippen LogP contribution in [0, 0.1) is 18.7 Å². The normalized spacial score (nSPS) is 17.8. The first-order valence-corrected chi connectivity index (χ1v) is 11.5. The third kappa shape index (κ3) is 5.47. The van der Waals surface area contributed by atoms with Crippen molar-refractivity contribution in [3.8, 4) is 5.75 Å². The molecule has 0 aliphatic carbocycles. The minimum Gasteiger partial charge on any atom is -0.507 e. The second-order valence-electron chi connectivity index (χ2n) is 9.12. The summed E-state index contributed by atoms with van der Waals surface area (Å²) >= 11 is 0. The third-order valence-electron chi connectivity index (χ3n) is 5.54. The van der Waals surface area contributed by atoms with E-state index in [4.69, 9.17) is 9.47 Å². The van der Waals surface area contributed by atoms with Crippen LogP contribution in [0.3, 0.4) is 0 Å². The van der Waals surface area contributed by atoms with E-state index in [1.165, 1.54) is 23.1 Å². The monoisotopic (exact) mass is 469 g/mol. The summed E-state index contributed by atoms with van der Waals surface area (Å²) in [5.74, 6) is -1.55. The van der Waals surface area contributed by atoms with Gasteiger partial charge < -0.3 is 19.5 Å². The van der Waals surface area contributed by atoms with E-state index in [1.807, 2.05) is 34.6 Å². The number of benzene rings is 2. The fourth-order valence-corrected chi connectivity index (χ4v) is 3.89. The fraction of sp³-hybridized carbons (Fsp3) is 0.407. The summed E-state index contributed by atoms with van der Waals surface area (Å²) in [4.78, 5) is 27.2. The summed E-state index contributed by atoms with van der Waals surface area (Å²) in [5.41, 5.74) is 1.12. The quantitative estimate of drug-likeness (QED) is 0.317. The van der Waals surface area contributed by atoms with Crippen LogP contribution in [-0.4, -0.2) is 47.6 Å². The second kappa shape index (κ2) is 10.8. The predicted octanol–water partition coefficient (Wildman–Crippen LogP) is 5.02. The van der Waals surface area contributed by atoms with Crippen LogP contribution >= 0.6 is 0 Å². The van der Waals surface area contributed by atoms with Crippen LogP contribution in [-0.2, 0) is 14.3 Å². The topological polar surface area (TPSA) is 76.1 Å². The van der Waals surface area contributed by atoms with Crippen LogP contribution in [0.1, 0.15) is 50.4 Å². The first-order valence-electron chi connectivity index (χ1n) is 11.5.